The number of aliphatic hydroxyl groups excluding tert-OH is 1. The van der Waals surface area contributed by atoms with Crippen LogP contribution in [-0.2, 0) is 4.79 Å². The quantitative estimate of drug-likeness (QED) is 0.895. The summed E-state index contributed by atoms with van der Waals surface area (Å²) in [6.07, 6.45) is 0.875. The highest BCUT2D eigenvalue weighted by atomic mass is 35.5. The van der Waals surface area contributed by atoms with Crippen LogP contribution in [0, 0.1) is 11.7 Å². The molecular formula is C14H18ClFN2O2. The van der Waals surface area contributed by atoms with E-state index in [1.807, 2.05) is 4.90 Å². The largest absolute Gasteiger partial charge is 0.396 e. The van der Waals surface area contributed by atoms with Gasteiger partial charge < -0.3 is 10.4 Å². The van der Waals surface area contributed by atoms with Crippen LogP contribution in [0.2, 0.25) is 5.02 Å². The minimum absolute atomic E-state index is 0.0901. The Morgan fingerprint density at radius 2 is 2.40 bits per heavy atom. The number of amides is 1. The molecule has 0 radical (unpaired) electrons. The predicted molar refractivity (Wildman–Crippen MR) is 76.3 cm³/mol. The normalized spacial score (nSPS) is 20.9. The molecule has 0 spiro atoms. The van der Waals surface area contributed by atoms with Crippen LogP contribution in [0.25, 0.3) is 0 Å². The van der Waals surface area contributed by atoms with E-state index in [0.717, 1.165) is 13.0 Å². The van der Waals surface area contributed by atoms with Crippen LogP contribution in [-0.4, -0.2) is 41.7 Å². The lowest BCUT2D eigenvalue weighted by molar-refractivity contribution is -0.120. The molecule has 2 atom stereocenters. The van der Waals surface area contributed by atoms with Crippen molar-refractivity contribution >= 4 is 23.2 Å². The summed E-state index contributed by atoms with van der Waals surface area (Å²) in [6.45, 7) is 3.35. The Hall–Kier alpha value is -1.17. The van der Waals surface area contributed by atoms with Crippen LogP contribution in [0.3, 0.4) is 0 Å². The average molecular weight is 301 g/mol. The summed E-state index contributed by atoms with van der Waals surface area (Å²) in [4.78, 5) is 14.1. The summed E-state index contributed by atoms with van der Waals surface area (Å²) in [6, 6.07) is 3.68. The zero-order chi connectivity index (χ0) is 14.7. The first kappa shape index (κ1) is 15.2. The maximum Gasteiger partial charge on any atom is 0.241 e. The van der Waals surface area contributed by atoms with E-state index in [9.17, 15) is 9.18 Å². The second kappa shape index (κ2) is 6.52. The van der Waals surface area contributed by atoms with Gasteiger partial charge in [-0.25, -0.2) is 4.39 Å². The van der Waals surface area contributed by atoms with Crippen molar-refractivity contribution in [1.29, 1.82) is 0 Å². The number of rotatable bonds is 4. The lowest BCUT2D eigenvalue weighted by Gasteiger charge is -2.23. The molecule has 1 aromatic rings. The second-order valence-corrected chi connectivity index (χ2v) is 5.56. The summed E-state index contributed by atoms with van der Waals surface area (Å²) in [5.41, 5.74) is 0.0901. The van der Waals surface area contributed by atoms with Crippen LogP contribution in [0.5, 0.6) is 0 Å². The third-order valence-electron chi connectivity index (χ3n) is 3.69. The number of nitrogens with zero attached hydrogens (tertiary/aromatic N) is 1. The first-order valence-electron chi connectivity index (χ1n) is 6.62. The molecule has 0 aliphatic carbocycles. The van der Waals surface area contributed by atoms with Gasteiger partial charge in [-0.1, -0.05) is 11.6 Å². The smallest absolute Gasteiger partial charge is 0.241 e. The van der Waals surface area contributed by atoms with Crippen molar-refractivity contribution in [2.24, 2.45) is 5.92 Å². The molecule has 2 unspecified atom stereocenters. The third-order valence-corrected chi connectivity index (χ3v) is 3.92. The molecule has 1 amide bonds. The lowest BCUT2D eigenvalue weighted by Crippen LogP contribution is -2.41. The van der Waals surface area contributed by atoms with Crippen LogP contribution >= 0.6 is 11.6 Å². The van der Waals surface area contributed by atoms with Crippen LogP contribution in [0.4, 0.5) is 10.1 Å². The molecular weight excluding hydrogens is 283 g/mol. The first-order chi connectivity index (χ1) is 9.51. The highest BCUT2D eigenvalue weighted by Gasteiger charge is 2.29. The molecule has 1 aliphatic rings. The Morgan fingerprint density at radius 1 is 1.65 bits per heavy atom. The number of halogens is 2. The molecule has 0 aromatic heterocycles. The molecule has 1 saturated heterocycles. The number of hydrogen-bond acceptors (Lipinski definition) is 3. The molecule has 2 N–H and O–H groups in total. The van der Waals surface area contributed by atoms with Gasteiger partial charge in [0.1, 0.15) is 5.82 Å². The minimum Gasteiger partial charge on any atom is -0.396 e. The molecule has 0 bridgehead atoms. The fraction of sp³-hybridized carbons (Fsp3) is 0.500. The predicted octanol–water partition coefficient (Wildman–Crippen LogP) is 2.12. The lowest BCUT2D eigenvalue weighted by atomic mass is 10.1. The minimum atomic E-state index is -0.510. The maximum atomic E-state index is 13.6. The van der Waals surface area contributed by atoms with Crippen molar-refractivity contribution in [2.45, 2.75) is 19.4 Å². The van der Waals surface area contributed by atoms with Crippen molar-refractivity contribution in [2.75, 3.05) is 25.0 Å². The highest BCUT2D eigenvalue weighted by molar-refractivity contribution is 6.30. The van der Waals surface area contributed by atoms with Crippen molar-refractivity contribution in [3.8, 4) is 0 Å². The molecule has 1 aliphatic heterocycles. The Bertz CT molecular complexity index is 498. The number of aliphatic hydroxyl groups is 1. The number of carbonyl (C=O) groups excluding carboxylic acids is 1. The number of carbonyl (C=O) groups is 1. The van der Waals surface area contributed by atoms with E-state index in [1.165, 1.54) is 18.2 Å². The number of likely N-dealkylation sites (tertiary alicyclic amines) is 1. The van der Waals surface area contributed by atoms with Crippen molar-refractivity contribution < 1.29 is 14.3 Å². The molecule has 1 aromatic carbocycles. The molecule has 2 rings (SSSR count). The summed E-state index contributed by atoms with van der Waals surface area (Å²) in [5, 5.41) is 12.0. The summed E-state index contributed by atoms with van der Waals surface area (Å²) in [7, 11) is 0. The monoisotopic (exact) mass is 300 g/mol. The zero-order valence-electron chi connectivity index (χ0n) is 11.3. The van der Waals surface area contributed by atoms with E-state index in [-0.39, 0.29) is 30.2 Å². The Kier molecular flexibility index (Phi) is 4.96. The molecule has 1 fully saturated rings. The van der Waals surface area contributed by atoms with Gasteiger partial charge in [-0.3, -0.25) is 9.69 Å². The molecule has 110 valence electrons. The zero-order valence-corrected chi connectivity index (χ0v) is 12.0. The first-order valence-corrected chi connectivity index (χ1v) is 7.00. The van der Waals surface area contributed by atoms with Gasteiger partial charge in [-0.15, -0.1) is 0 Å². The van der Waals surface area contributed by atoms with E-state index in [4.69, 9.17) is 16.7 Å². The van der Waals surface area contributed by atoms with Gasteiger partial charge >= 0.3 is 0 Å². The highest BCUT2D eigenvalue weighted by Crippen LogP contribution is 2.22. The van der Waals surface area contributed by atoms with E-state index < -0.39 is 5.82 Å². The fourth-order valence-electron chi connectivity index (χ4n) is 2.36. The summed E-state index contributed by atoms with van der Waals surface area (Å²) >= 11 is 5.79. The fourth-order valence-corrected chi connectivity index (χ4v) is 2.53. The van der Waals surface area contributed by atoms with Gasteiger partial charge in [0.25, 0.3) is 0 Å². The SMILES string of the molecule is CC(C(=O)Nc1cc(Cl)ccc1F)N1CCC(CO)C1. The number of hydrogen-bond donors (Lipinski definition) is 2. The van der Waals surface area contributed by atoms with Gasteiger partial charge in [0.2, 0.25) is 5.91 Å². The van der Waals surface area contributed by atoms with E-state index >= 15 is 0 Å². The van der Waals surface area contributed by atoms with Crippen LogP contribution in [0.15, 0.2) is 18.2 Å². The third kappa shape index (κ3) is 3.48. The van der Waals surface area contributed by atoms with Crippen molar-refractivity contribution in [3.63, 3.8) is 0 Å². The van der Waals surface area contributed by atoms with E-state index in [1.54, 1.807) is 6.92 Å². The molecule has 20 heavy (non-hydrogen) atoms. The topological polar surface area (TPSA) is 52.6 Å². The van der Waals surface area contributed by atoms with Gasteiger partial charge in [0, 0.05) is 18.2 Å². The summed E-state index contributed by atoms with van der Waals surface area (Å²) < 4.78 is 13.6. The van der Waals surface area contributed by atoms with Crippen molar-refractivity contribution in [1.82, 2.24) is 4.90 Å². The number of benzene rings is 1. The van der Waals surface area contributed by atoms with Crippen LogP contribution in [0.1, 0.15) is 13.3 Å². The Labute approximate surface area is 122 Å². The van der Waals surface area contributed by atoms with E-state index in [2.05, 4.69) is 5.32 Å². The molecule has 0 saturated carbocycles. The van der Waals surface area contributed by atoms with Crippen molar-refractivity contribution in [3.05, 3.63) is 29.0 Å². The van der Waals surface area contributed by atoms with Gasteiger partial charge in [-0.2, -0.15) is 0 Å². The molecule has 6 heteroatoms. The Balaban J connectivity index is 1.99. The number of anilines is 1. The standard InChI is InChI=1S/C14H18ClFN2O2/c1-9(18-5-4-10(7-18)8-19)14(20)17-13-6-11(15)2-3-12(13)16/h2-3,6,9-10,19H,4-5,7-8H2,1H3,(H,17,20). The van der Waals surface area contributed by atoms with Gasteiger partial charge in [-0.05, 0) is 44.0 Å². The Morgan fingerprint density at radius 3 is 3.05 bits per heavy atom. The van der Waals surface area contributed by atoms with Gasteiger partial charge in [0.15, 0.2) is 0 Å². The number of nitrogens with one attached hydrogen (secondary N) is 1. The van der Waals surface area contributed by atoms with Gasteiger partial charge in [0.05, 0.1) is 11.7 Å². The molecule has 4 nitrogen and oxygen atoms in total. The molecule has 1 heterocycles. The summed E-state index contributed by atoms with van der Waals surface area (Å²) in [5.74, 6) is -0.567. The van der Waals surface area contributed by atoms with Crippen LogP contribution < -0.4 is 5.32 Å². The maximum absolute atomic E-state index is 13.6. The average Bonchev–Trinajstić information content (AvgIpc) is 2.90. The second-order valence-electron chi connectivity index (χ2n) is 5.12. The van der Waals surface area contributed by atoms with E-state index in [0.29, 0.717) is 11.6 Å².